The van der Waals surface area contributed by atoms with Gasteiger partial charge in [0.25, 0.3) is 5.91 Å². The van der Waals surface area contributed by atoms with Crippen molar-refractivity contribution in [1.82, 2.24) is 20.8 Å². The molecule has 1 aromatic carbocycles. The molecule has 0 saturated carbocycles. The number of aryl methyl sites for hydroxylation is 1. The maximum Gasteiger partial charge on any atom is 0.251 e. The SMILES string of the molecule is Cc1noc(C(NC(=O)CNC(=O)c2ccccc2)C(C)C)n1. The number of aromatic nitrogens is 2. The van der Waals surface area contributed by atoms with Crippen molar-refractivity contribution in [3.05, 3.63) is 47.6 Å². The van der Waals surface area contributed by atoms with Gasteiger partial charge in [0.15, 0.2) is 5.82 Å². The normalized spacial score (nSPS) is 12.0. The zero-order valence-electron chi connectivity index (χ0n) is 13.4. The summed E-state index contributed by atoms with van der Waals surface area (Å²) in [5.41, 5.74) is 0.508. The van der Waals surface area contributed by atoms with Crippen molar-refractivity contribution in [2.24, 2.45) is 5.92 Å². The molecular formula is C16H20N4O3. The quantitative estimate of drug-likeness (QED) is 0.844. The van der Waals surface area contributed by atoms with Crippen LogP contribution in [0.25, 0.3) is 0 Å². The predicted octanol–water partition coefficient (Wildman–Crippen LogP) is 1.62. The molecule has 1 unspecified atom stereocenters. The Morgan fingerprint density at radius 3 is 2.48 bits per heavy atom. The summed E-state index contributed by atoms with van der Waals surface area (Å²) >= 11 is 0. The van der Waals surface area contributed by atoms with Crippen molar-refractivity contribution < 1.29 is 14.1 Å². The Bertz CT molecular complexity index is 667. The fourth-order valence-corrected chi connectivity index (χ4v) is 2.03. The highest BCUT2D eigenvalue weighted by Crippen LogP contribution is 2.19. The van der Waals surface area contributed by atoms with Gasteiger partial charge in [-0.15, -0.1) is 0 Å². The molecule has 122 valence electrons. The molecule has 2 rings (SSSR count). The minimum absolute atomic E-state index is 0.0728. The lowest BCUT2D eigenvalue weighted by Crippen LogP contribution is -2.40. The van der Waals surface area contributed by atoms with Gasteiger partial charge in [-0.3, -0.25) is 9.59 Å². The number of nitrogens with one attached hydrogen (secondary N) is 2. The summed E-state index contributed by atoms with van der Waals surface area (Å²) in [5, 5.41) is 9.12. The first-order valence-electron chi connectivity index (χ1n) is 7.40. The largest absolute Gasteiger partial charge is 0.343 e. The van der Waals surface area contributed by atoms with Gasteiger partial charge in [0.05, 0.1) is 6.54 Å². The highest BCUT2D eigenvalue weighted by Gasteiger charge is 2.24. The lowest BCUT2D eigenvalue weighted by Gasteiger charge is -2.18. The first-order chi connectivity index (χ1) is 11.0. The van der Waals surface area contributed by atoms with Gasteiger partial charge in [-0.05, 0) is 25.0 Å². The zero-order chi connectivity index (χ0) is 16.8. The van der Waals surface area contributed by atoms with Crippen LogP contribution in [0, 0.1) is 12.8 Å². The third kappa shape index (κ3) is 4.64. The van der Waals surface area contributed by atoms with E-state index in [1.54, 1.807) is 31.2 Å². The molecule has 23 heavy (non-hydrogen) atoms. The van der Waals surface area contributed by atoms with Crippen LogP contribution in [-0.2, 0) is 4.79 Å². The van der Waals surface area contributed by atoms with E-state index in [1.807, 2.05) is 19.9 Å². The minimum Gasteiger partial charge on any atom is -0.343 e. The van der Waals surface area contributed by atoms with Crippen LogP contribution in [-0.4, -0.2) is 28.5 Å². The molecule has 2 amide bonds. The summed E-state index contributed by atoms with van der Waals surface area (Å²) in [6.07, 6.45) is 0. The standard InChI is InChI=1S/C16H20N4O3/c1-10(2)14(16-18-11(3)20-23-16)19-13(21)9-17-15(22)12-7-5-4-6-8-12/h4-8,10,14H,9H2,1-3H3,(H,17,22)(H,19,21). The highest BCUT2D eigenvalue weighted by molar-refractivity contribution is 5.96. The van der Waals surface area contributed by atoms with Crippen LogP contribution >= 0.6 is 0 Å². The molecule has 7 nitrogen and oxygen atoms in total. The number of carbonyl (C=O) groups excluding carboxylic acids is 2. The van der Waals surface area contributed by atoms with Crippen LogP contribution in [0.1, 0.15) is 42.0 Å². The second kappa shape index (κ2) is 7.53. The van der Waals surface area contributed by atoms with E-state index in [-0.39, 0.29) is 24.3 Å². The molecule has 0 spiro atoms. The van der Waals surface area contributed by atoms with Gasteiger partial charge in [-0.2, -0.15) is 4.98 Å². The van der Waals surface area contributed by atoms with Crippen molar-refractivity contribution in [3.8, 4) is 0 Å². The summed E-state index contributed by atoms with van der Waals surface area (Å²) in [6, 6.07) is 8.33. The molecule has 0 radical (unpaired) electrons. The first kappa shape index (κ1) is 16.7. The Labute approximate surface area is 134 Å². The molecule has 7 heteroatoms. The monoisotopic (exact) mass is 316 g/mol. The van der Waals surface area contributed by atoms with Gasteiger partial charge in [0, 0.05) is 5.56 Å². The van der Waals surface area contributed by atoms with Gasteiger partial charge < -0.3 is 15.2 Å². The second-order valence-corrected chi connectivity index (χ2v) is 5.52. The van der Waals surface area contributed by atoms with Crippen molar-refractivity contribution >= 4 is 11.8 Å². The molecule has 2 aromatic rings. The smallest absolute Gasteiger partial charge is 0.251 e. The van der Waals surface area contributed by atoms with E-state index in [9.17, 15) is 9.59 Å². The summed E-state index contributed by atoms with van der Waals surface area (Å²) in [4.78, 5) is 28.1. The number of nitrogens with zero attached hydrogens (tertiary/aromatic N) is 2. The molecule has 2 N–H and O–H groups in total. The molecule has 0 aliphatic rings. The predicted molar refractivity (Wildman–Crippen MR) is 83.5 cm³/mol. The number of hydrogen-bond acceptors (Lipinski definition) is 5. The lowest BCUT2D eigenvalue weighted by molar-refractivity contribution is -0.121. The van der Waals surface area contributed by atoms with Gasteiger partial charge in [-0.1, -0.05) is 37.2 Å². The van der Waals surface area contributed by atoms with Crippen molar-refractivity contribution in [1.29, 1.82) is 0 Å². The molecule has 1 aromatic heterocycles. The van der Waals surface area contributed by atoms with Crippen LogP contribution in [0.2, 0.25) is 0 Å². The fourth-order valence-electron chi connectivity index (χ4n) is 2.03. The number of hydrogen-bond donors (Lipinski definition) is 2. The van der Waals surface area contributed by atoms with Gasteiger partial charge in [0.2, 0.25) is 11.8 Å². The zero-order valence-corrected chi connectivity index (χ0v) is 13.4. The van der Waals surface area contributed by atoms with Crippen LogP contribution in [0.4, 0.5) is 0 Å². The van der Waals surface area contributed by atoms with Crippen LogP contribution in [0.15, 0.2) is 34.9 Å². The van der Waals surface area contributed by atoms with Crippen LogP contribution in [0.5, 0.6) is 0 Å². The van der Waals surface area contributed by atoms with Crippen LogP contribution < -0.4 is 10.6 Å². The van der Waals surface area contributed by atoms with E-state index < -0.39 is 6.04 Å². The summed E-state index contributed by atoms with van der Waals surface area (Å²) < 4.78 is 5.12. The van der Waals surface area contributed by atoms with Crippen LogP contribution in [0.3, 0.4) is 0 Å². The second-order valence-electron chi connectivity index (χ2n) is 5.52. The Hall–Kier alpha value is -2.70. The van der Waals surface area contributed by atoms with E-state index in [0.717, 1.165) is 0 Å². The third-order valence-electron chi connectivity index (χ3n) is 3.24. The van der Waals surface area contributed by atoms with E-state index in [2.05, 4.69) is 20.8 Å². The number of rotatable bonds is 6. The molecule has 1 heterocycles. The third-order valence-corrected chi connectivity index (χ3v) is 3.24. The topological polar surface area (TPSA) is 97.1 Å². The van der Waals surface area contributed by atoms with Gasteiger partial charge in [0.1, 0.15) is 6.04 Å². The maximum atomic E-state index is 12.1. The fraction of sp³-hybridized carbons (Fsp3) is 0.375. The van der Waals surface area contributed by atoms with Gasteiger partial charge in [-0.25, -0.2) is 0 Å². The number of benzene rings is 1. The molecule has 0 aliphatic carbocycles. The molecule has 0 aliphatic heterocycles. The number of amides is 2. The molecule has 1 atom stereocenters. The molecular weight excluding hydrogens is 296 g/mol. The van der Waals surface area contributed by atoms with E-state index in [1.165, 1.54) is 0 Å². The van der Waals surface area contributed by atoms with Crippen molar-refractivity contribution in [2.45, 2.75) is 26.8 Å². The van der Waals surface area contributed by atoms with E-state index in [4.69, 9.17) is 4.52 Å². The van der Waals surface area contributed by atoms with Crippen molar-refractivity contribution in [3.63, 3.8) is 0 Å². The average molecular weight is 316 g/mol. The average Bonchev–Trinajstić information content (AvgIpc) is 2.97. The summed E-state index contributed by atoms with van der Waals surface area (Å²) in [7, 11) is 0. The first-order valence-corrected chi connectivity index (χ1v) is 7.40. The lowest BCUT2D eigenvalue weighted by atomic mass is 10.0. The Balaban J connectivity index is 1.91. The minimum atomic E-state index is -0.391. The highest BCUT2D eigenvalue weighted by atomic mass is 16.5. The Morgan fingerprint density at radius 2 is 1.91 bits per heavy atom. The Kier molecular flexibility index (Phi) is 5.46. The summed E-state index contributed by atoms with van der Waals surface area (Å²) in [6.45, 7) is 5.47. The molecule has 0 saturated heterocycles. The summed E-state index contributed by atoms with van der Waals surface area (Å²) in [5.74, 6) is 0.334. The number of carbonyl (C=O) groups is 2. The van der Waals surface area contributed by atoms with Gasteiger partial charge >= 0.3 is 0 Å². The van der Waals surface area contributed by atoms with Crippen molar-refractivity contribution in [2.75, 3.05) is 6.54 Å². The van der Waals surface area contributed by atoms with E-state index in [0.29, 0.717) is 17.3 Å². The Morgan fingerprint density at radius 1 is 1.22 bits per heavy atom. The maximum absolute atomic E-state index is 12.1. The molecule has 0 fully saturated rings. The van der Waals surface area contributed by atoms with E-state index >= 15 is 0 Å². The molecule has 0 bridgehead atoms.